The van der Waals surface area contributed by atoms with Gasteiger partial charge in [-0.1, -0.05) is 36.4 Å². The van der Waals surface area contributed by atoms with Crippen LogP contribution >= 0.6 is 0 Å². The van der Waals surface area contributed by atoms with Crippen LogP contribution in [0.5, 0.6) is 0 Å². The SMILES string of the molecule is O=Cc1cccc(-c2cc3ccccc3o2)c1. The predicted molar refractivity (Wildman–Crippen MR) is 67.0 cm³/mol. The maximum absolute atomic E-state index is 10.7. The van der Waals surface area contributed by atoms with E-state index in [-0.39, 0.29) is 0 Å². The number of benzene rings is 2. The van der Waals surface area contributed by atoms with Gasteiger partial charge in [0.05, 0.1) is 0 Å². The van der Waals surface area contributed by atoms with E-state index in [1.807, 2.05) is 48.5 Å². The van der Waals surface area contributed by atoms with E-state index in [1.165, 1.54) is 0 Å². The molecular formula is C15H10O2. The van der Waals surface area contributed by atoms with Crippen LogP contribution in [0.4, 0.5) is 0 Å². The summed E-state index contributed by atoms with van der Waals surface area (Å²) in [6, 6.07) is 17.2. The first kappa shape index (κ1) is 9.85. The molecule has 3 aromatic rings. The van der Waals surface area contributed by atoms with Gasteiger partial charge in [-0.05, 0) is 18.2 Å². The molecule has 0 spiro atoms. The van der Waals surface area contributed by atoms with Crippen LogP contribution in [0.25, 0.3) is 22.3 Å². The number of para-hydroxylation sites is 1. The molecule has 1 aromatic heterocycles. The van der Waals surface area contributed by atoms with E-state index in [2.05, 4.69) is 0 Å². The van der Waals surface area contributed by atoms with Crippen LogP contribution in [0.3, 0.4) is 0 Å². The number of furan rings is 1. The summed E-state index contributed by atoms with van der Waals surface area (Å²) in [7, 11) is 0. The molecule has 3 rings (SSSR count). The number of carbonyl (C=O) groups is 1. The van der Waals surface area contributed by atoms with Gasteiger partial charge in [-0.25, -0.2) is 0 Å². The van der Waals surface area contributed by atoms with Gasteiger partial charge in [0.15, 0.2) is 0 Å². The summed E-state index contributed by atoms with van der Waals surface area (Å²) in [4.78, 5) is 10.7. The third-order valence-corrected chi connectivity index (χ3v) is 2.73. The van der Waals surface area contributed by atoms with Crippen LogP contribution < -0.4 is 0 Å². The molecule has 2 aromatic carbocycles. The zero-order valence-corrected chi connectivity index (χ0v) is 9.09. The lowest BCUT2D eigenvalue weighted by Crippen LogP contribution is -1.80. The lowest BCUT2D eigenvalue weighted by atomic mass is 10.1. The van der Waals surface area contributed by atoms with Crippen LogP contribution in [-0.4, -0.2) is 6.29 Å². The first-order valence-corrected chi connectivity index (χ1v) is 5.41. The monoisotopic (exact) mass is 222 g/mol. The Morgan fingerprint density at radius 1 is 0.941 bits per heavy atom. The molecule has 0 aliphatic heterocycles. The Labute approximate surface area is 98.5 Å². The van der Waals surface area contributed by atoms with Crippen molar-refractivity contribution in [2.45, 2.75) is 0 Å². The highest BCUT2D eigenvalue weighted by Gasteiger charge is 2.05. The Morgan fingerprint density at radius 3 is 2.65 bits per heavy atom. The van der Waals surface area contributed by atoms with Crippen molar-refractivity contribution in [2.24, 2.45) is 0 Å². The number of hydrogen-bond donors (Lipinski definition) is 0. The fourth-order valence-electron chi connectivity index (χ4n) is 1.89. The van der Waals surface area contributed by atoms with Crippen LogP contribution in [0.15, 0.2) is 59.0 Å². The maximum atomic E-state index is 10.7. The summed E-state index contributed by atoms with van der Waals surface area (Å²) in [6.45, 7) is 0. The molecule has 0 bridgehead atoms. The minimum atomic E-state index is 0.656. The summed E-state index contributed by atoms with van der Waals surface area (Å²) >= 11 is 0. The van der Waals surface area contributed by atoms with Crippen molar-refractivity contribution in [1.29, 1.82) is 0 Å². The maximum Gasteiger partial charge on any atom is 0.150 e. The highest BCUT2D eigenvalue weighted by molar-refractivity contribution is 5.84. The zero-order valence-electron chi connectivity index (χ0n) is 9.09. The lowest BCUT2D eigenvalue weighted by Gasteiger charge is -1.96. The second-order valence-corrected chi connectivity index (χ2v) is 3.89. The van der Waals surface area contributed by atoms with Gasteiger partial charge in [0.25, 0.3) is 0 Å². The van der Waals surface area contributed by atoms with E-state index < -0.39 is 0 Å². The van der Waals surface area contributed by atoms with Gasteiger partial charge in [0, 0.05) is 16.5 Å². The topological polar surface area (TPSA) is 30.2 Å². The van der Waals surface area contributed by atoms with Crippen LogP contribution in [0.1, 0.15) is 10.4 Å². The second kappa shape index (κ2) is 3.91. The van der Waals surface area contributed by atoms with E-state index in [0.29, 0.717) is 5.56 Å². The fourth-order valence-corrected chi connectivity index (χ4v) is 1.89. The summed E-state index contributed by atoms with van der Waals surface area (Å²) < 4.78 is 5.74. The highest BCUT2D eigenvalue weighted by atomic mass is 16.3. The first-order chi connectivity index (χ1) is 8.36. The lowest BCUT2D eigenvalue weighted by molar-refractivity contribution is 0.112. The summed E-state index contributed by atoms with van der Waals surface area (Å²) in [6.07, 6.45) is 0.839. The van der Waals surface area contributed by atoms with Gasteiger partial charge < -0.3 is 4.42 Å². The fraction of sp³-hybridized carbons (Fsp3) is 0. The van der Waals surface area contributed by atoms with Gasteiger partial charge in [-0.3, -0.25) is 4.79 Å². The normalized spacial score (nSPS) is 10.6. The highest BCUT2D eigenvalue weighted by Crippen LogP contribution is 2.27. The standard InChI is InChI=1S/C15H10O2/c16-10-11-4-3-6-12(8-11)15-9-13-5-1-2-7-14(13)17-15/h1-10H. The van der Waals surface area contributed by atoms with Gasteiger partial charge in [-0.15, -0.1) is 0 Å². The zero-order chi connectivity index (χ0) is 11.7. The van der Waals surface area contributed by atoms with E-state index in [4.69, 9.17) is 4.42 Å². The molecule has 0 saturated carbocycles. The molecule has 0 aliphatic rings. The molecule has 0 unspecified atom stereocenters. The number of rotatable bonds is 2. The smallest absolute Gasteiger partial charge is 0.150 e. The molecular weight excluding hydrogens is 212 g/mol. The Balaban J connectivity index is 2.16. The molecule has 0 aliphatic carbocycles. The molecule has 17 heavy (non-hydrogen) atoms. The molecule has 2 heteroatoms. The van der Waals surface area contributed by atoms with Crippen LogP contribution in [-0.2, 0) is 0 Å². The number of aldehydes is 1. The summed E-state index contributed by atoms with van der Waals surface area (Å²) in [5.41, 5.74) is 2.44. The number of hydrogen-bond acceptors (Lipinski definition) is 2. The predicted octanol–water partition coefficient (Wildman–Crippen LogP) is 3.91. The Hall–Kier alpha value is -2.35. The summed E-state index contributed by atoms with van der Waals surface area (Å²) in [5, 5.41) is 1.07. The van der Waals surface area contributed by atoms with E-state index in [9.17, 15) is 4.79 Å². The molecule has 0 radical (unpaired) electrons. The van der Waals surface area contributed by atoms with Crippen molar-refractivity contribution in [3.05, 3.63) is 60.2 Å². The van der Waals surface area contributed by atoms with Gasteiger partial charge in [0.1, 0.15) is 17.6 Å². The summed E-state index contributed by atoms with van der Waals surface area (Å²) in [5.74, 6) is 0.787. The van der Waals surface area contributed by atoms with Crippen molar-refractivity contribution >= 4 is 17.3 Å². The molecule has 1 heterocycles. The van der Waals surface area contributed by atoms with E-state index in [0.717, 1.165) is 28.6 Å². The number of carbonyl (C=O) groups excluding carboxylic acids is 1. The van der Waals surface area contributed by atoms with E-state index >= 15 is 0 Å². The van der Waals surface area contributed by atoms with Crippen molar-refractivity contribution in [3.8, 4) is 11.3 Å². The third kappa shape index (κ3) is 1.74. The van der Waals surface area contributed by atoms with Crippen molar-refractivity contribution < 1.29 is 9.21 Å². The molecule has 0 amide bonds. The van der Waals surface area contributed by atoms with Gasteiger partial charge in [0.2, 0.25) is 0 Å². The van der Waals surface area contributed by atoms with Crippen molar-refractivity contribution in [3.63, 3.8) is 0 Å². The molecule has 0 atom stereocenters. The van der Waals surface area contributed by atoms with Crippen LogP contribution in [0.2, 0.25) is 0 Å². The first-order valence-electron chi connectivity index (χ1n) is 5.41. The average molecular weight is 222 g/mol. The minimum Gasteiger partial charge on any atom is -0.456 e. The third-order valence-electron chi connectivity index (χ3n) is 2.73. The Kier molecular flexibility index (Phi) is 2.26. The molecule has 0 fully saturated rings. The molecule has 0 saturated heterocycles. The van der Waals surface area contributed by atoms with Crippen molar-refractivity contribution in [1.82, 2.24) is 0 Å². The Morgan fingerprint density at radius 2 is 1.82 bits per heavy atom. The Bertz CT molecular complexity index is 647. The minimum absolute atomic E-state index is 0.656. The molecule has 0 N–H and O–H groups in total. The van der Waals surface area contributed by atoms with Gasteiger partial charge >= 0.3 is 0 Å². The number of fused-ring (bicyclic) bond motifs is 1. The quantitative estimate of drug-likeness (QED) is 0.615. The van der Waals surface area contributed by atoms with E-state index in [1.54, 1.807) is 6.07 Å². The van der Waals surface area contributed by atoms with Crippen LogP contribution in [0, 0.1) is 0 Å². The largest absolute Gasteiger partial charge is 0.456 e. The molecule has 2 nitrogen and oxygen atoms in total. The van der Waals surface area contributed by atoms with Gasteiger partial charge in [-0.2, -0.15) is 0 Å². The molecule has 82 valence electrons. The second-order valence-electron chi connectivity index (χ2n) is 3.89. The average Bonchev–Trinajstić information content (AvgIpc) is 2.82. The van der Waals surface area contributed by atoms with Crippen molar-refractivity contribution in [2.75, 3.05) is 0 Å².